The molecule has 1 atom stereocenters. The molecule has 0 bridgehead atoms. The van der Waals surface area contributed by atoms with Gasteiger partial charge in [0.15, 0.2) is 0 Å². The van der Waals surface area contributed by atoms with Crippen LogP contribution in [0.25, 0.3) is 0 Å². The maximum absolute atomic E-state index is 13.0. The second-order valence-corrected chi connectivity index (χ2v) is 10.3. The molecule has 3 rings (SSSR count). The maximum atomic E-state index is 13.0. The van der Waals surface area contributed by atoms with Crippen molar-refractivity contribution in [2.75, 3.05) is 25.5 Å². The summed E-state index contributed by atoms with van der Waals surface area (Å²) in [5.74, 6) is -1.04. The third-order valence-corrected chi connectivity index (χ3v) is 8.49. The number of rotatable bonds is 6. The number of hydrogen-bond donors (Lipinski definition) is 1. The van der Waals surface area contributed by atoms with Crippen LogP contribution in [0.4, 0.5) is 5.69 Å². The molecule has 1 aromatic carbocycles. The summed E-state index contributed by atoms with van der Waals surface area (Å²) < 4.78 is 32.0. The number of esters is 1. The molecule has 1 unspecified atom stereocenters. The number of aryl methyl sites for hydroxylation is 2. The van der Waals surface area contributed by atoms with Gasteiger partial charge in [0.1, 0.15) is 0 Å². The van der Waals surface area contributed by atoms with E-state index in [9.17, 15) is 18.0 Å². The maximum Gasteiger partial charge on any atom is 0.309 e. The molecule has 0 radical (unpaired) electrons. The molecule has 0 saturated carbocycles. The summed E-state index contributed by atoms with van der Waals surface area (Å²) in [4.78, 5) is 26.2. The van der Waals surface area contributed by atoms with Gasteiger partial charge in [0, 0.05) is 23.7 Å². The zero-order chi connectivity index (χ0) is 21.9. The van der Waals surface area contributed by atoms with Gasteiger partial charge in [-0.05, 0) is 62.1 Å². The molecule has 1 amide bonds. The topological polar surface area (TPSA) is 92.8 Å². The first-order valence-electron chi connectivity index (χ1n) is 9.85. The highest BCUT2D eigenvalue weighted by Gasteiger charge is 2.33. The summed E-state index contributed by atoms with van der Waals surface area (Å²) in [5.41, 5.74) is 1.62. The standard InChI is InChI=1S/C21H26N2O5S2/c1-4-18-14(2)12-19(29-18)20(24)22-16-7-9-17(10-8-16)30(26,27)23-11-5-6-15(13-23)21(25)28-3/h7-10,12,15H,4-6,11,13H2,1-3H3,(H,22,24). The molecule has 1 aliphatic rings. The minimum atomic E-state index is -3.72. The molecular weight excluding hydrogens is 424 g/mol. The van der Waals surface area contributed by atoms with Crippen LogP contribution in [-0.2, 0) is 26.0 Å². The van der Waals surface area contributed by atoms with E-state index in [-0.39, 0.29) is 23.3 Å². The predicted octanol–water partition coefficient (Wildman–Crippen LogP) is 3.44. The third kappa shape index (κ3) is 4.74. The van der Waals surface area contributed by atoms with E-state index in [2.05, 4.69) is 12.2 Å². The number of hydrogen-bond acceptors (Lipinski definition) is 6. The van der Waals surface area contributed by atoms with Gasteiger partial charge >= 0.3 is 5.97 Å². The molecule has 2 heterocycles. The van der Waals surface area contributed by atoms with E-state index in [1.54, 1.807) is 12.1 Å². The zero-order valence-corrected chi connectivity index (χ0v) is 18.9. The van der Waals surface area contributed by atoms with Crippen molar-refractivity contribution in [3.8, 4) is 0 Å². The molecule has 1 aromatic heterocycles. The van der Waals surface area contributed by atoms with Crippen LogP contribution in [0.15, 0.2) is 35.2 Å². The lowest BCUT2D eigenvalue weighted by Gasteiger charge is -2.30. The number of ether oxygens (including phenoxy) is 1. The second-order valence-electron chi connectivity index (χ2n) is 7.27. The zero-order valence-electron chi connectivity index (χ0n) is 17.3. The highest BCUT2D eigenvalue weighted by Crippen LogP contribution is 2.26. The van der Waals surface area contributed by atoms with Gasteiger partial charge in [-0.3, -0.25) is 9.59 Å². The number of nitrogens with one attached hydrogen (secondary N) is 1. The van der Waals surface area contributed by atoms with E-state index in [1.165, 1.54) is 39.8 Å². The Balaban J connectivity index is 1.71. The number of piperidine rings is 1. The summed E-state index contributed by atoms with van der Waals surface area (Å²) in [6.07, 6.45) is 2.10. The summed E-state index contributed by atoms with van der Waals surface area (Å²) in [6.45, 7) is 4.52. The van der Waals surface area contributed by atoms with E-state index < -0.39 is 15.9 Å². The van der Waals surface area contributed by atoms with Gasteiger partial charge in [0.25, 0.3) is 5.91 Å². The first kappa shape index (κ1) is 22.5. The molecule has 1 fully saturated rings. The Morgan fingerprint density at radius 3 is 2.57 bits per heavy atom. The van der Waals surface area contributed by atoms with E-state index in [0.29, 0.717) is 30.0 Å². The van der Waals surface area contributed by atoms with Gasteiger partial charge in [-0.1, -0.05) is 6.92 Å². The Kier molecular flexibility index (Phi) is 6.95. The van der Waals surface area contributed by atoms with E-state index in [0.717, 1.165) is 12.0 Å². The van der Waals surface area contributed by atoms with Gasteiger partial charge in [0.2, 0.25) is 10.0 Å². The second kappa shape index (κ2) is 9.28. The molecule has 162 valence electrons. The largest absolute Gasteiger partial charge is 0.469 e. The average molecular weight is 451 g/mol. The Labute approximate surface area is 181 Å². The van der Waals surface area contributed by atoms with Gasteiger partial charge in [-0.15, -0.1) is 11.3 Å². The van der Waals surface area contributed by atoms with Crippen molar-refractivity contribution in [1.29, 1.82) is 0 Å². The fourth-order valence-electron chi connectivity index (χ4n) is 3.55. The van der Waals surface area contributed by atoms with Gasteiger partial charge in [-0.25, -0.2) is 8.42 Å². The number of benzene rings is 1. The first-order chi connectivity index (χ1) is 14.3. The van der Waals surface area contributed by atoms with E-state index in [1.807, 2.05) is 13.0 Å². The van der Waals surface area contributed by atoms with Crippen LogP contribution >= 0.6 is 11.3 Å². The molecular formula is C21H26N2O5S2. The van der Waals surface area contributed by atoms with Crippen molar-refractivity contribution in [3.05, 3.63) is 45.6 Å². The minimum absolute atomic E-state index is 0.116. The van der Waals surface area contributed by atoms with Crippen LogP contribution in [0.3, 0.4) is 0 Å². The lowest BCUT2D eigenvalue weighted by Crippen LogP contribution is -2.42. The van der Waals surface area contributed by atoms with Crippen molar-refractivity contribution in [2.45, 2.75) is 38.0 Å². The molecule has 7 nitrogen and oxygen atoms in total. The Morgan fingerprint density at radius 1 is 1.27 bits per heavy atom. The molecule has 0 aliphatic carbocycles. The fourth-order valence-corrected chi connectivity index (χ4v) is 6.09. The van der Waals surface area contributed by atoms with Crippen LogP contribution in [0.1, 0.15) is 39.9 Å². The molecule has 1 saturated heterocycles. The van der Waals surface area contributed by atoms with E-state index >= 15 is 0 Å². The summed E-state index contributed by atoms with van der Waals surface area (Å²) in [6, 6.07) is 7.97. The van der Waals surface area contributed by atoms with Crippen molar-refractivity contribution < 1.29 is 22.7 Å². The van der Waals surface area contributed by atoms with Crippen LogP contribution in [0.5, 0.6) is 0 Å². The number of carbonyl (C=O) groups is 2. The van der Waals surface area contributed by atoms with Crippen molar-refractivity contribution in [1.82, 2.24) is 4.31 Å². The molecule has 9 heteroatoms. The number of methoxy groups -OCH3 is 1. The SMILES string of the molecule is CCc1sc(C(=O)Nc2ccc(S(=O)(=O)N3CCCC(C(=O)OC)C3)cc2)cc1C. The molecule has 1 aliphatic heterocycles. The number of anilines is 1. The summed E-state index contributed by atoms with van der Waals surface area (Å²) >= 11 is 1.46. The Morgan fingerprint density at radius 2 is 1.97 bits per heavy atom. The fraction of sp³-hybridized carbons (Fsp3) is 0.429. The number of nitrogens with zero attached hydrogens (tertiary/aromatic N) is 1. The monoisotopic (exact) mass is 450 g/mol. The molecule has 2 aromatic rings. The molecule has 1 N–H and O–H groups in total. The normalized spacial score (nSPS) is 17.5. The minimum Gasteiger partial charge on any atom is -0.469 e. The first-order valence-corrected chi connectivity index (χ1v) is 12.1. The van der Waals surface area contributed by atoms with Crippen molar-refractivity contribution in [3.63, 3.8) is 0 Å². The van der Waals surface area contributed by atoms with Crippen LogP contribution in [0.2, 0.25) is 0 Å². The molecule has 0 spiro atoms. The van der Waals surface area contributed by atoms with Gasteiger partial charge < -0.3 is 10.1 Å². The van der Waals surface area contributed by atoms with Crippen molar-refractivity contribution in [2.24, 2.45) is 5.92 Å². The number of thiophene rings is 1. The lowest BCUT2D eigenvalue weighted by molar-refractivity contribution is -0.146. The quantitative estimate of drug-likeness (QED) is 0.681. The third-order valence-electron chi connectivity index (χ3n) is 5.23. The highest BCUT2D eigenvalue weighted by molar-refractivity contribution is 7.89. The van der Waals surface area contributed by atoms with Crippen LogP contribution in [-0.4, -0.2) is 44.8 Å². The van der Waals surface area contributed by atoms with Gasteiger partial charge in [-0.2, -0.15) is 4.31 Å². The Bertz CT molecular complexity index is 1030. The number of carbonyl (C=O) groups excluding carboxylic acids is 2. The smallest absolute Gasteiger partial charge is 0.309 e. The molecule has 30 heavy (non-hydrogen) atoms. The van der Waals surface area contributed by atoms with Gasteiger partial charge in [0.05, 0.1) is 22.8 Å². The number of amides is 1. The predicted molar refractivity (Wildman–Crippen MR) is 116 cm³/mol. The average Bonchev–Trinajstić information content (AvgIpc) is 3.14. The van der Waals surface area contributed by atoms with E-state index in [4.69, 9.17) is 4.74 Å². The number of sulfonamides is 1. The Hall–Kier alpha value is -2.23. The highest BCUT2D eigenvalue weighted by atomic mass is 32.2. The van der Waals surface area contributed by atoms with Crippen LogP contribution < -0.4 is 5.32 Å². The van der Waals surface area contributed by atoms with Crippen LogP contribution in [0, 0.1) is 12.8 Å². The summed E-state index contributed by atoms with van der Waals surface area (Å²) in [7, 11) is -2.42. The van der Waals surface area contributed by atoms with Crippen molar-refractivity contribution >= 4 is 38.9 Å². The summed E-state index contributed by atoms with van der Waals surface area (Å²) in [5, 5.41) is 2.81. The lowest BCUT2D eigenvalue weighted by atomic mass is 10.0.